The molecule has 2 unspecified atom stereocenters. The number of ether oxygens (including phenoxy) is 2. The topological polar surface area (TPSA) is 59.1 Å². The molecule has 0 bridgehead atoms. The lowest BCUT2D eigenvalue weighted by atomic mass is 9.69. The lowest BCUT2D eigenvalue weighted by Gasteiger charge is -2.39. The Kier molecular flexibility index (Phi) is 9.14. The zero-order valence-corrected chi connectivity index (χ0v) is 27.5. The summed E-state index contributed by atoms with van der Waals surface area (Å²) in [7, 11) is 4.38. The molecule has 6 nitrogen and oxygen atoms in total. The highest BCUT2D eigenvalue weighted by atomic mass is 16.5. The van der Waals surface area contributed by atoms with Gasteiger partial charge in [0.25, 0.3) is 0 Å². The number of carbonyl (C=O) groups is 2. The fourth-order valence-corrected chi connectivity index (χ4v) is 8.87. The van der Waals surface area contributed by atoms with Crippen molar-refractivity contribution in [3.63, 3.8) is 0 Å². The molecular weight excluding hydrogens is 500 g/mol. The van der Waals surface area contributed by atoms with Gasteiger partial charge in [0, 0.05) is 34.0 Å². The van der Waals surface area contributed by atoms with Gasteiger partial charge in [-0.05, 0) is 146 Å². The number of nitrogens with zero attached hydrogens (tertiary/aromatic N) is 2. The van der Waals surface area contributed by atoms with Gasteiger partial charge in [0.2, 0.25) is 0 Å². The summed E-state index contributed by atoms with van der Waals surface area (Å²) in [5.74, 6) is 2.26. The van der Waals surface area contributed by atoms with Crippen LogP contribution in [-0.4, -0.2) is 71.2 Å². The van der Waals surface area contributed by atoms with Crippen molar-refractivity contribution in [3.05, 3.63) is 0 Å². The van der Waals surface area contributed by atoms with E-state index in [-0.39, 0.29) is 45.9 Å². The molecule has 0 spiro atoms. The lowest BCUT2D eigenvalue weighted by molar-refractivity contribution is -0.154. The number of likely N-dealkylation sites (tertiary alicyclic amines) is 2. The largest absolute Gasteiger partial charge is 0.465 e. The summed E-state index contributed by atoms with van der Waals surface area (Å²) in [6.07, 6.45) is 10.4. The van der Waals surface area contributed by atoms with E-state index in [2.05, 4.69) is 79.3 Å². The summed E-state index contributed by atoms with van der Waals surface area (Å²) in [5, 5.41) is 0. The Bertz CT molecular complexity index is 835. The molecule has 4 rings (SSSR count). The van der Waals surface area contributed by atoms with Crippen LogP contribution in [0.15, 0.2) is 0 Å². The highest BCUT2D eigenvalue weighted by Gasteiger charge is 2.51. The Morgan fingerprint density at radius 1 is 0.575 bits per heavy atom. The Balaban J connectivity index is 1.16. The van der Waals surface area contributed by atoms with Gasteiger partial charge in [-0.2, -0.15) is 0 Å². The van der Waals surface area contributed by atoms with Crippen LogP contribution in [0.1, 0.15) is 120 Å². The van der Waals surface area contributed by atoms with E-state index in [1.807, 2.05) is 0 Å². The predicted molar refractivity (Wildman–Crippen MR) is 161 cm³/mol. The van der Waals surface area contributed by atoms with Gasteiger partial charge in [-0.25, -0.2) is 0 Å². The third-order valence-corrected chi connectivity index (χ3v) is 12.8. The monoisotopic (exact) mass is 560 g/mol. The van der Waals surface area contributed by atoms with E-state index in [1.54, 1.807) is 0 Å². The fraction of sp³-hybridized carbons (Fsp3) is 0.941. The first-order valence-corrected chi connectivity index (χ1v) is 16.3. The molecule has 2 heterocycles. The molecule has 0 aromatic rings. The second-order valence-electron chi connectivity index (χ2n) is 16.3. The normalized spacial score (nSPS) is 37.2. The lowest BCUT2D eigenvalue weighted by Crippen LogP contribution is -2.47. The van der Waals surface area contributed by atoms with Crippen molar-refractivity contribution < 1.29 is 19.1 Å². The summed E-state index contributed by atoms with van der Waals surface area (Å²) in [5.41, 5.74) is 0.339. The third kappa shape index (κ3) is 6.28. The summed E-state index contributed by atoms with van der Waals surface area (Å²) in [4.78, 5) is 30.8. The van der Waals surface area contributed by atoms with Gasteiger partial charge >= 0.3 is 11.9 Å². The highest BCUT2D eigenvalue weighted by Crippen LogP contribution is 2.46. The minimum atomic E-state index is 0.0214. The molecule has 230 valence electrons. The summed E-state index contributed by atoms with van der Waals surface area (Å²) >= 11 is 0. The first kappa shape index (κ1) is 31.8. The van der Waals surface area contributed by atoms with Crippen LogP contribution in [0.4, 0.5) is 0 Å². The molecule has 6 heteroatoms. The second kappa shape index (κ2) is 11.5. The van der Waals surface area contributed by atoms with E-state index in [1.165, 1.54) is 0 Å². The number of hydrogen-bond acceptors (Lipinski definition) is 6. The standard InChI is InChI=1S/C34H60N2O4/c1-31(2)19-27(33(5,6)35(31)9)21-39-29(37)25-15-11-23(12-16-25)24-13-17-26(18-14-24)30(38)40-22-28-20-32(3,4)36(10)34(28,7)8/h23-28H,11-22H2,1-10H3. The van der Waals surface area contributed by atoms with Crippen molar-refractivity contribution in [2.24, 2.45) is 35.5 Å². The molecule has 2 saturated carbocycles. The van der Waals surface area contributed by atoms with Gasteiger partial charge in [-0.15, -0.1) is 0 Å². The molecule has 0 aromatic carbocycles. The van der Waals surface area contributed by atoms with E-state index in [0.717, 1.165) is 64.2 Å². The zero-order chi connectivity index (χ0) is 29.7. The number of carbonyl (C=O) groups excluding carboxylic acids is 2. The van der Waals surface area contributed by atoms with Crippen molar-refractivity contribution in [2.45, 2.75) is 142 Å². The Morgan fingerprint density at radius 3 is 1.12 bits per heavy atom. The van der Waals surface area contributed by atoms with Crippen LogP contribution in [0.3, 0.4) is 0 Å². The number of esters is 2. The van der Waals surface area contributed by atoms with E-state index in [4.69, 9.17) is 9.47 Å². The maximum absolute atomic E-state index is 13.0. The van der Waals surface area contributed by atoms with Gasteiger partial charge in [0.05, 0.1) is 25.0 Å². The molecule has 2 atom stereocenters. The van der Waals surface area contributed by atoms with Crippen molar-refractivity contribution in [1.29, 1.82) is 0 Å². The van der Waals surface area contributed by atoms with Crippen LogP contribution >= 0.6 is 0 Å². The van der Waals surface area contributed by atoms with Crippen molar-refractivity contribution in [2.75, 3.05) is 27.3 Å². The van der Waals surface area contributed by atoms with E-state index < -0.39 is 0 Å². The van der Waals surface area contributed by atoms with Crippen LogP contribution in [0.2, 0.25) is 0 Å². The van der Waals surface area contributed by atoms with Crippen LogP contribution in [0.5, 0.6) is 0 Å². The van der Waals surface area contributed by atoms with E-state index >= 15 is 0 Å². The Labute approximate surface area is 245 Å². The minimum absolute atomic E-state index is 0.0214. The average molecular weight is 561 g/mol. The highest BCUT2D eigenvalue weighted by molar-refractivity contribution is 5.73. The van der Waals surface area contributed by atoms with Crippen LogP contribution in [0, 0.1) is 35.5 Å². The van der Waals surface area contributed by atoms with E-state index in [9.17, 15) is 9.59 Å². The first-order valence-electron chi connectivity index (χ1n) is 16.3. The SMILES string of the molecule is CN1C(C)(C)CC(COC(=O)C2CCC(C3CCC(C(=O)OCC4CC(C)(C)N(C)C4(C)C)CC3)CC2)C1(C)C. The maximum atomic E-state index is 13.0. The smallest absolute Gasteiger partial charge is 0.308 e. The van der Waals surface area contributed by atoms with Gasteiger partial charge < -0.3 is 9.47 Å². The second-order valence-corrected chi connectivity index (χ2v) is 16.3. The van der Waals surface area contributed by atoms with Gasteiger partial charge in [-0.1, -0.05) is 0 Å². The predicted octanol–water partition coefficient (Wildman–Crippen LogP) is 6.70. The summed E-state index contributed by atoms with van der Waals surface area (Å²) in [6.45, 7) is 19.3. The Hall–Kier alpha value is -1.14. The summed E-state index contributed by atoms with van der Waals surface area (Å²) < 4.78 is 11.9. The molecule has 2 saturated heterocycles. The molecule has 0 N–H and O–H groups in total. The quantitative estimate of drug-likeness (QED) is 0.323. The average Bonchev–Trinajstić information content (AvgIpc) is 3.17. The fourth-order valence-electron chi connectivity index (χ4n) is 8.87. The number of hydrogen-bond donors (Lipinski definition) is 0. The molecule has 2 aliphatic heterocycles. The number of rotatable bonds is 7. The zero-order valence-electron chi connectivity index (χ0n) is 27.5. The van der Waals surface area contributed by atoms with Gasteiger partial charge in [0.1, 0.15) is 0 Å². The van der Waals surface area contributed by atoms with Crippen molar-refractivity contribution in [1.82, 2.24) is 9.80 Å². The Morgan fingerprint density at radius 2 is 0.875 bits per heavy atom. The van der Waals surface area contributed by atoms with Crippen molar-refractivity contribution >= 4 is 11.9 Å². The van der Waals surface area contributed by atoms with Crippen LogP contribution in [0.25, 0.3) is 0 Å². The molecule has 0 amide bonds. The maximum Gasteiger partial charge on any atom is 0.308 e. The van der Waals surface area contributed by atoms with Crippen LogP contribution < -0.4 is 0 Å². The minimum Gasteiger partial charge on any atom is -0.465 e. The molecular formula is C34H60N2O4. The first-order chi connectivity index (χ1) is 18.5. The molecule has 40 heavy (non-hydrogen) atoms. The van der Waals surface area contributed by atoms with Gasteiger partial charge in [0.15, 0.2) is 0 Å². The van der Waals surface area contributed by atoms with Crippen LogP contribution in [-0.2, 0) is 19.1 Å². The molecule has 4 fully saturated rings. The van der Waals surface area contributed by atoms with E-state index in [0.29, 0.717) is 36.9 Å². The van der Waals surface area contributed by atoms with Crippen molar-refractivity contribution in [3.8, 4) is 0 Å². The molecule has 0 radical (unpaired) electrons. The molecule has 4 aliphatic rings. The third-order valence-electron chi connectivity index (χ3n) is 12.8. The molecule has 2 aliphatic carbocycles. The van der Waals surface area contributed by atoms with Gasteiger partial charge in [-0.3, -0.25) is 19.4 Å². The summed E-state index contributed by atoms with van der Waals surface area (Å²) in [6, 6.07) is 0. The molecule has 0 aromatic heterocycles.